The highest BCUT2D eigenvalue weighted by molar-refractivity contribution is 5.48. The van der Waals surface area contributed by atoms with E-state index >= 15 is 0 Å². The van der Waals surface area contributed by atoms with Gasteiger partial charge in [0, 0.05) is 12.6 Å². The molecule has 5 heteroatoms. The number of nitrogens with one attached hydrogen (secondary N) is 1. The fraction of sp³-hybridized carbons (Fsp3) is 0.500. The maximum Gasteiger partial charge on any atom is 0.311 e. The molecule has 0 radical (unpaired) electrons. The molecule has 0 aromatic heterocycles. The van der Waals surface area contributed by atoms with Gasteiger partial charge in [0.2, 0.25) is 0 Å². The molecule has 0 unspecified atom stereocenters. The standard InChI is InChI=1S/C12H18N2O3/c1-3-10-5-6-12(11(9-10)14(15)16)17-8-7-13-4-2/h5-6,9,13H,3-4,7-8H2,1-2H3. The molecule has 0 heterocycles. The first kappa shape index (κ1) is 13.4. The van der Waals surface area contributed by atoms with E-state index in [1.54, 1.807) is 12.1 Å². The highest BCUT2D eigenvalue weighted by Crippen LogP contribution is 2.27. The van der Waals surface area contributed by atoms with Gasteiger partial charge in [0.25, 0.3) is 0 Å². The Morgan fingerprint density at radius 3 is 2.76 bits per heavy atom. The molecule has 0 bridgehead atoms. The van der Waals surface area contributed by atoms with Crippen molar-refractivity contribution in [1.82, 2.24) is 5.32 Å². The highest BCUT2D eigenvalue weighted by Gasteiger charge is 2.15. The van der Waals surface area contributed by atoms with Gasteiger partial charge in [-0.3, -0.25) is 10.1 Å². The third-order valence-corrected chi connectivity index (χ3v) is 2.41. The summed E-state index contributed by atoms with van der Waals surface area (Å²) in [5, 5.41) is 14.0. The van der Waals surface area contributed by atoms with Crippen LogP contribution in [0.5, 0.6) is 5.75 Å². The van der Waals surface area contributed by atoms with Crippen LogP contribution in [0.15, 0.2) is 18.2 Å². The Bertz CT molecular complexity index is 380. The summed E-state index contributed by atoms with van der Waals surface area (Å²) in [5.74, 6) is 0.338. The van der Waals surface area contributed by atoms with Crippen molar-refractivity contribution in [2.45, 2.75) is 20.3 Å². The number of ether oxygens (including phenoxy) is 1. The molecule has 17 heavy (non-hydrogen) atoms. The topological polar surface area (TPSA) is 64.4 Å². The van der Waals surface area contributed by atoms with Crippen molar-refractivity contribution in [3.05, 3.63) is 33.9 Å². The third kappa shape index (κ3) is 4.03. The maximum atomic E-state index is 10.9. The second kappa shape index (κ2) is 6.85. The summed E-state index contributed by atoms with van der Waals surface area (Å²) in [6.45, 7) is 5.94. The van der Waals surface area contributed by atoms with E-state index in [1.165, 1.54) is 0 Å². The molecular formula is C12H18N2O3. The number of likely N-dealkylation sites (N-methyl/N-ethyl adjacent to an activating group) is 1. The molecule has 94 valence electrons. The summed E-state index contributed by atoms with van der Waals surface area (Å²) in [6.07, 6.45) is 0.776. The Morgan fingerprint density at radius 2 is 2.18 bits per heavy atom. The van der Waals surface area contributed by atoms with Crippen LogP contribution in [0.25, 0.3) is 0 Å². The van der Waals surface area contributed by atoms with Crippen molar-refractivity contribution in [2.24, 2.45) is 0 Å². The number of aryl methyl sites for hydroxylation is 1. The van der Waals surface area contributed by atoms with Crippen molar-refractivity contribution in [3.8, 4) is 5.75 Å². The molecule has 0 fully saturated rings. The normalized spacial score (nSPS) is 10.2. The lowest BCUT2D eigenvalue weighted by Crippen LogP contribution is -2.20. The molecule has 1 rings (SSSR count). The average Bonchev–Trinajstić information content (AvgIpc) is 2.34. The fourth-order valence-electron chi connectivity index (χ4n) is 1.46. The molecule has 0 aliphatic heterocycles. The summed E-state index contributed by atoms with van der Waals surface area (Å²) >= 11 is 0. The Morgan fingerprint density at radius 1 is 1.41 bits per heavy atom. The number of hydrogen-bond donors (Lipinski definition) is 1. The van der Waals surface area contributed by atoms with Gasteiger partial charge in [0.05, 0.1) is 4.92 Å². The van der Waals surface area contributed by atoms with Crippen LogP contribution in [0.3, 0.4) is 0 Å². The molecule has 0 atom stereocenters. The van der Waals surface area contributed by atoms with Gasteiger partial charge in [-0.15, -0.1) is 0 Å². The molecule has 0 saturated carbocycles. The first-order chi connectivity index (χ1) is 8.19. The van der Waals surface area contributed by atoms with E-state index in [4.69, 9.17) is 4.74 Å². The zero-order valence-electron chi connectivity index (χ0n) is 10.2. The fourth-order valence-corrected chi connectivity index (χ4v) is 1.46. The average molecular weight is 238 g/mol. The van der Waals surface area contributed by atoms with Crippen molar-refractivity contribution in [2.75, 3.05) is 19.7 Å². The predicted octanol–water partition coefficient (Wildman–Crippen LogP) is 2.15. The second-order valence-electron chi connectivity index (χ2n) is 3.61. The molecule has 0 aliphatic rings. The van der Waals surface area contributed by atoms with Crippen LogP contribution in [0.1, 0.15) is 19.4 Å². The molecular weight excluding hydrogens is 220 g/mol. The summed E-state index contributed by atoms with van der Waals surface area (Å²) in [7, 11) is 0. The monoisotopic (exact) mass is 238 g/mol. The minimum absolute atomic E-state index is 0.0425. The third-order valence-electron chi connectivity index (χ3n) is 2.41. The predicted molar refractivity (Wildman–Crippen MR) is 66.5 cm³/mol. The Hall–Kier alpha value is -1.62. The van der Waals surface area contributed by atoms with Crippen LogP contribution < -0.4 is 10.1 Å². The van der Waals surface area contributed by atoms with E-state index in [1.807, 2.05) is 19.9 Å². The number of rotatable bonds is 7. The molecule has 5 nitrogen and oxygen atoms in total. The smallest absolute Gasteiger partial charge is 0.311 e. The van der Waals surface area contributed by atoms with Crippen LogP contribution in [0, 0.1) is 10.1 Å². The largest absolute Gasteiger partial charge is 0.485 e. The van der Waals surface area contributed by atoms with Crippen LogP contribution in [0.2, 0.25) is 0 Å². The molecule has 0 aliphatic carbocycles. The SMILES string of the molecule is CCNCCOc1ccc(CC)cc1[N+](=O)[O-]. The summed E-state index contributed by atoms with van der Waals surface area (Å²) in [4.78, 5) is 10.5. The quantitative estimate of drug-likeness (QED) is 0.449. The number of nitrogens with zero attached hydrogens (tertiary/aromatic N) is 1. The van der Waals surface area contributed by atoms with Gasteiger partial charge in [0.1, 0.15) is 6.61 Å². The van der Waals surface area contributed by atoms with Gasteiger partial charge in [-0.05, 0) is 24.6 Å². The molecule has 1 aromatic rings. The molecule has 1 N–H and O–H groups in total. The maximum absolute atomic E-state index is 10.9. The molecule has 0 amide bonds. The number of nitro benzene ring substituents is 1. The van der Waals surface area contributed by atoms with Gasteiger partial charge < -0.3 is 10.1 Å². The van der Waals surface area contributed by atoms with Crippen LogP contribution in [-0.4, -0.2) is 24.6 Å². The molecule has 0 spiro atoms. The Balaban J connectivity index is 2.73. The minimum atomic E-state index is -0.401. The Labute approximate surface area is 101 Å². The van der Waals surface area contributed by atoms with E-state index in [0.29, 0.717) is 18.9 Å². The first-order valence-electron chi connectivity index (χ1n) is 5.79. The summed E-state index contributed by atoms with van der Waals surface area (Å²) in [5.41, 5.74) is 0.983. The summed E-state index contributed by atoms with van der Waals surface area (Å²) in [6, 6.07) is 5.10. The van der Waals surface area contributed by atoms with E-state index < -0.39 is 4.92 Å². The van der Waals surface area contributed by atoms with E-state index in [2.05, 4.69) is 5.32 Å². The van der Waals surface area contributed by atoms with E-state index in [9.17, 15) is 10.1 Å². The lowest BCUT2D eigenvalue weighted by molar-refractivity contribution is -0.385. The lowest BCUT2D eigenvalue weighted by Gasteiger charge is -2.07. The molecule has 1 aromatic carbocycles. The molecule has 0 saturated heterocycles. The van der Waals surface area contributed by atoms with E-state index in [0.717, 1.165) is 18.5 Å². The van der Waals surface area contributed by atoms with Crippen LogP contribution in [-0.2, 0) is 6.42 Å². The van der Waals surface area contributed by atoms with E-state index in [-0.39, 0.29) is 5.69 Å². The van der Waals surface area contributed by atoms with Gasteiger partial charge in [-0.1, -0.05) is 19.9 Å². The van der Waals surface area contributed by atoms with Gasteiger partial charge in [-0.25, -0.2) is 0 Å². The van der Waals surface area contributed by atoms with Crippen molar-refractivity contribution in [3.63, 3.8) is 0 Å². The zero-order chi connectivity index (χ0) is 12.7. The Kier molecular flexibility index (Phi) is 5.42. The van der Waals surface area contributed by atoms with Crippen molar-refractivity contribution < 1.29 is 9.66 Å². The summed E-state index contributed by atoms with van der Waals surface area (Å²) < 4.78 is 5.40. The van der Waals surface area contributed by atoms with Crippen LogP contribution >= 0.6 is 0 Å². The number of benzene rings is 1. The van der Waals surface area contributed by atoms with Crippen LogP contribution in [0.4, 0.5) is 5.69 Å². The van der Waals surface area contributed by atoms with Crippen molar-refractivity contribution in [1.29, 1.82) is 0 Å². The minimum Gasteiger partial charge on any atom is -0.485 e. The number of hydrogen-bond acceptors (Lipinski definition) is 4. The highest BCUT2D eigenvalue weighted by atomic mass is 16.6. The van der Waals surface area contributed by atoms with Gasteiger partial charge >= 0.3 is 5.69 Å². The zero-order valence-corrected chi connectivity index (χ0v) is 10.2. The second-order valence-corrected chi connectivity index (χ2v) is 3.61. The van der Waals surface area contributed by atoms with Gasteiger partial charge in [-0.2, -0.15) is 0 Å². The van der Waals surface area contributed by atoms with Crippen molar-refractivity contribution >= 4 is 5.69 Å². The van der Waals surface area contributed by atoms with Gasteiger partial charge in [0.15, 0.2) is 5.75 Å². The first-order valence-corrected chi connectivity index (χ1v) is 5.79. The lowest BCUT2D eigenvalue weighted by atomic mass is 10.1. The number of nitro groups is 1.